The molecule has 3 fully saturated rings. The normalized spacial score (nSPS) is 24.2. The fourth-order valence-corrected chi connectivity index (χ4v) is 6.49. The van der Waals surface area contributed by atoms with Crippen molar-refractivity contribution in [3.63, 3.8) is 0 Å². The Labute approximate surface area is 237 Å². The number of halogens is 1. The predicted octanol–water partition coefficient (Wildman–Crippen LogP) is 2.83. The molecule has 0 unspecified atom stereocenters. The minimum Gasteiger partial charge on any atom is -0.394 e. The van der Waals surface area contributed by atoms with Gasteiger partial charge in [-0.15, -0.1) is 11.3 Å². The molecule has 11 heteroatoms. The number of carbonyl (C=O) groups excluding carboxylic acids is 3. The maximum atomic E-state index is 13.7. The van der Waals surface area contributed by atoms with E-state index in [4.69, 9.17) is 16.3 Å². The highest BCUT2D eigenvalue weighted by atomic mass is 35.5. The summed E-state index contributed by atoms with van der Waals surface area (Å²) in [5.41, 5.74) is 2.05. The quantitative estimate of drug-likeness (QED) is 0.476. The Morgan fingerprint density at radius 2 is 1.85 bits per heavy atom. The highest BCUT2D eigenvalue weighted by molar-refractivity contribution is 7.11. The number of amides is 3. The first-order chi connectivity index (χ1) is 18.5. The van der Waals surface area contributed by atoms with E-state index in [2.05, 4.69) is 24.1 Å². The van der Waals surface area contributed by atoms with Crippen LogP contribution in [0.4, 0.5) is 0 Å². The highest BCUT2D eigenvalue weighted by Gasteiger charge is 2.62. The van der Waals surface area contributed by atoms with Gasteiger partial charge < -0.3 is 25.0 Å². The molecule has 3 heterocycles. The second kappa shape index (κ2) is 10.8. The van der Waals surface area contributed by atoms with Gasteiger partial charge in [-0.1, -0.05) is 37.6 Å². The lowest BCUT2D eigenvalue weighted by atomic mass is 9.70. The molecule has 0 bridgehead atoms. The Morgan fingerprint density at radius 3 is 2.44 bits per heavy atom. The largest absolute Gasteiger partial charge is 0.394 e. The van der Waals surface area contributed by atoms with Gasteiger partial charge in [-0.05, 0) is 36.5 Å². The minimum atomic E-state index is -0.627. The van der Waals surface area contributed by atoms with E-state index < -0.39 is 23.5 Å². The molecule has 39 heavy (non-hydrogen) atoms. The molecule has 1 spiro atoms. The lowest BCUT2D eigenvalue weighted by Gasteiger charge is -2.50. The number of nitrogens with zero attached hydrogens (tertiary/aromatic N) is 3. The standard InChI is InChI=1S/C28H35ClN4O5S/c1-17(38-12-18-4-6-19(29)7-5-18)22(11-34)31-24(35)21-10-32(26(37)23-9-30-16-39-23)13-28(21)14-33(15-28)25(36)20-8-27(20,2)3/h4-7,9,16-17,20-22,34H,8,10-15H2,1-3H3,(H,31,35)/t17-,20-,21+,22-/m1/s1. The Kier molecular flexibility index (Phi) is 7.76. The van der Waals surface area contributed by atoms with Gasteiger partial charge in [0.15, 0.2) is 0 Å². The van der Waals surface area contributed by atoms with Gasteiger partial charge >= 0.3 is 0 Å². The number of nitrogens with one attached hydrogen (secondary N) is 1. The van der Waals surface area contributed by atoms with E-state index >= 15 is 0 Å². The molecular weight excluding hydrogens is 540 g/mol. The summed E-state index contributed by atoms with van der Waals surface area (Å²) in [5.74, 6) is -0.749. The summed E-state index contributed by atoms with van der Waals surface area (Å²) in [7, 11) is 0. The van der Waals surface area contributed by atoms with Gasteiger partial charge in [0.25, 0.3) is 5.91 Å². The molecule has 2 aliphatic heterocycles. The third-order valence-electron chi connectivity index (χ3n) is 8.55. The summed E-state index contributed by atoms with van der Waals surface area (Å²) in [4.78, 5) is 47.9. The van der Waals surface area contributed by atoms with Crippen LogP contribution >= 0.6 is 22.9 Å². The van der Waals surface area contributed by atoms with E-state index in [0.29, 0.717) is 36.1 Å². The molecule has 2 saturated heterocycles. The second-order valence-electron chi connectivity index (χ2n) is 11.8. The van der Waals surface area contributed by atoms with Crippen LogP contribution in [0, 0.1) is 22.7 Å². The summed E-state index contributed by atoms with van der Waals surface area (Å²) < 4.78 is 5.95. The predicted molar refractivity (Wildman–Crippen MR) is 147 cm³/mol. The van der Waals surface area contributed by atoms with Gasteiger partial charge in [-0.2, -0.15) is 0 Å². The van der Waals surface area contributed by atoms with Crippen molar-refractivity contribution < 1.29 is 24.2 Å². The molecule has 3 aliphatic rings. The number of benzene rings is 1. The molecular formula is C28H35ClN4O5S. The van der Waals surface area contributed by atoms with E-state index in [1.54, 1.807) is 28.7 Å². The second-order valence-corrected chi connectivity index (χ2v) is 13.2. The number of rotatable bonds is 9. The summed E-state index contributed by atoms with van der Waals surface area (Å²) in [6.07, 6.45) is 1.96. The van der Waals surface area contributed by atoms with Crippen molar-refractivity contribution in [3.8, 4) is 0 Å². The number of aliphatic hydroxyl groups excluding tert-OH is 1. The smallest absolute Gasteiger partial charge is 0.265 e. The Bertz CT molecular complexity index is 1220. The van der Waals surface area contributed by atoms with Gasteiger partial charge in [0.2, 0.25) is 11.8 Å². The van der Waals surface area contributed by atoms with Gasteiger partial charge in [-0.25, -0.2) is 0 Å². The van der Waals surface area contributed by atoms with E-state index in [0.717, 1.165) is 12.0 Å². The minimum absolute atomic E-state index is 0.0239. The third-order valence-corrected chi connectivity index (χ3v) is 9.56. The molecule has 3 amide bonds. The molecule has 1 saturated carbocycles. The number of hydrogen-bond acceptors (Lipinski definition) is 7. The average molecular weight is 575 g/mol. The van der Waals surface area contributed by atoms with E-state index in [1.165, 1.54) is 11.3 Å². The maximum absolute atomic E-state index is 13.7. The molecule has 1 aliphatic carbocycles. The van der Waals surface area contributed by atoms with Gasteiger partial charge in [0.05, 0.1) is 43.0 Å². The first kappa shape index (κ1) is 28.0. The summed E-state index contributed by atoms with van der Waals surface area (Å²) in [6.45, 7) is 7.54. The van der Waals surface area contributed by atoms with Crippen molar-refractivity contribution in [3.05, 3.63) is 51.4 Å². The molecule has 9 nitrogen and oxygen atoms in total. The lowest BCUT2D eigenvalue weighted by Crippen LogP contribution is -2.65. The van der Waals surface area contributed by atoms with Crippen LogP contribution in [0.3, 0.4) is 0 Å². The Morgan fingerprint density at radius 1 is 1.18 bits per heavy atom. The Balaban J connectivity index is 1.26. The third kappa shape index (κ3) is 5.70. The van der Waals surface area contributed by atoms with Crippen LogP contribution in [0.1, 0.15) is 42.4 Å². The molecule has 1 aromatic carbocycles. The molecule has 2 aromatic rings. The maximum Gasteiger partial charge on any atom is 0.265 e. The first-order valence-corrected chi connectivity index (χ1v) is 14.5. The van der Waals surface area contributed by atoms with E-state index in [1.807, 2.05) is 24.0 Å². The van der Waals surface area contributed by atoms with Gasteiger partial charge in [0.1, 0.15) is 4.88 Å². The first-order valence-electron chi connectivity index (χ1n) is 13.3. The number of aliphatic hydroxyl groups is 1. The highest BCUT2D eigenvalue weighted by Crippen LogP contribution is 2.54. The fraction of sp³-hybridized carbons (Fsp3) is 0.571. The summed E-state index contributed by atoms with van der Waals surface area (Å²) >= 11 is 7.22. The zero-order valence-electron chi connectivity index (χ0n) is 22.4. The van der Waals surface area contributed by atoms with Crippen molar-refractivity contribution in [2.45, 2.75) is 45.9 Å². The van der Waals surface area contributed by atoms with Crippen molar-refractivity contribution in [1.82, 2.24) is 20.1 Å². The van der Waals surface area contributed by atoms with Crippen molar-refractivity contribution in [2.24, 2.45) is 22.7 Å². The monoisotopic (exact) mass is 574 g/mol. The number of aromatic nitrogens is 1. The van der Waals surface area contributed by atoms with Gasteiger partial charge in [0, 0.05) is 42.5 Å². The molecule has 2 N–H and O–H groups in total. The molecule has 210 valence electrons. The summed E-state index contributed by atoms with van der Waals surface area (Å²) in [5, 5.41) is 13.7. The van der Waals surface area contributed by atoms with Crippen LogP contribution in [0.2, 0.25) is 5.02 Å². The number of ether oxygens (including phenoxy) is 1. The molecule has 1 aromatic heterocycles. The molecule has 0 radical (unpaired) electrons. The lowest BCUT2D eigenvalue weighted by molar-refractivity contribution is -0.152. The number of carbonyl (C=O) groups is 3. The number of thiazole rings is 1. The van der Waals surface area contributed by atoms with Crippen molar-refractivity contribution in [1.29, 1.82) is 0 Å². The fourth-order valence-electron chi connectivity index (χ4n) is 5.78. The molecule has 5 rings (SSSR count). The Hall–Kier alpha value is -2.53. The summed E-state index contributed by atoms with van der Waals surface area (Å²) in [6, 6.07) is 6.67. The van der Waals surface area contributed by atoms with Crippen molar-refractivity contribution >= 4 is 40.7 Å². The van der Waals surface area contributed by atoms with Crippen LogP contribution < -0.4 is 5.32 Å². The van der Waals surface area contributed by atoms with E-state index in [9.17, 15) is 19.5 Å². The average Bonchev–Trinajstić information content (AvgIpc) is 3.28. The van der Waals surface area contributed by atoms with Crippen molar-refractivity contribution in [2.75, 3.05) is 32.8 Å². The topological polar surface area (TPSA) is 112 Å². The zero-order valence-corrected chi connectivity index (χ0v) is 24.0. The zero-order chi connectivity index (χ0) is 27.9. The number of likely N-dealkylation sites (tertiary alicyclic amines) is 2. The number of hydrogen-bond donors (Lipinski definition) is 2. The van der Waals surface area contributed by atoms with Crippen LogP contribution in [0.25, 0.3) is 0 Å². The SMILES string of the molecule is C[C@@H](OCc1ccc(Cl)cc1)[C@@H](CO)NC(=O)[C@@H]1CN(C(=O)c2cncs2)CC12CN(C(=O)[C@H]1CC1(C)C)C2. The van der Waals surface area contributed by atoms with E-state index in [-0.39, 0.29) is 42.2 Å². The van der Waals surface area contributed by atoms with Crippen LogP contribution in [0.15, 0.2) is 36.0 Å². The van der Waals surface area contributed by atoms with Crippen LogP contribution in [-0.2, 0) is 20.9 Å². The van der Waals surface area contributed by atoms with Gasteiger partial charge in [-0.3, -0.25) is 19.4 Å². The van der Waals surface area contributed by atoms with Crippen LogP contribution in [-0.4, -0.2) is 82.5 Å². The molecule has 4 atom stereocenters. The van der Waals surface area contributed by atoms with Crippen LogP contribution in [0.5, 0.6) is 0 Å².